The topological polar surface area (TPSA) is 50.9 Å². The maximum atomic E-state index is 12.4. The van der Waals surface area contributed by atoms with Crippen molar-refractivity contribution in [3.63, 3.8) is 0 Å². The molecule has 8 aromatic rings. The minimum atomic E-state index is -3.54. The molecular formula is C59H63N3O. The number of aromatic hydroxyl groups is 1. The highest BCUT2D eigenvalue weighted by molar-refractivity contribution is 5.98. The van der Waals surface area contributed by atoms with Crippen LogP contribution in [0.3, 0.4) is 0 Å². The summed E-state index contributed by atoms with van der Waals surface area (Å²) >= 11 is 0. The average Bonchev–Trinajstić information content (AvgIpc) is 3.86. The van der Waals surface area contributed by atoms with Crippen LogP contribution in [0.2, 0.25) is 0 Å². The Hall–Kier alpha value is -6.26. The van der Waals surface area contributed by atoms with E-state index in [4.69, 9.17) is 34.6 Å². The zero-order valence-electron chi connectivity index (χ0n) is 54.6. The number of aryl methyl sites for hydroxylation is 1. The number of rotatable bonds is 6. The van der Waals surface area contributed by atoms with Gasteiger partial charge in [-0.3, -0.25) is 9.55 Å². The van der Waals surface area contributed by atoms with Gasteiger partial charge in [0.1, 0.15) is 11.6 Å². The molecule has 2 aromatic heterocycles. The van der Waals surface area contributed by atoms with Gasteiger partial charge >= 0.3 is 0 Å². The van der Waals surface area contributed by atoms with E-state index < -0.39 is 68.3 Å². The van der Waals surface area contributed by atoms with Crippen LogP contribution >= 0.6 is 0 Å². The Morgan fingerprint density at radius 3 is 1.87 bits per heavy atom. The predicted octanol–water partition coefficient (Wildman–Crippen LogP) is 16.0. The first kappa shape index (κ1) is 26.4. The highest BCUT2D eigenvalue weighted by Crippen LogP contribution is 2.45. The predicted molar refractivity (Wildman–Crippen MR) is 267 cm³/mol. The van der Waals surface area contributed by atoms with Crippen molar-refractivity contribution in [2.24, 2.45) is 0 Å². The average molecular weight is 848 g/mol. The maximum absolute atomic E-state index is 12.4. The summed E-state index contributed by atoms with van der Waals surface area (Å²) in [6.07, 6.45) is 1.60. The Bertz CT molecular complexity index is 3590. The van der Waals surface area contributed by atoms with Gasteiger partial charge in [-0.25, -0.2) is 4.98 Å². The van der Waals surface area contributed by atoms with Crippen molar-refractivity contribution in [2.75, 3.05) is 0 Å². The molecule has 0 amide bonds. The van der Waals surface area contributed by atoms with Crippen LogP contribution < -0.4 is 0 Å². The van der Waals surface area contributed by atoms with Gasteiger partial charge in [0, 0.05) is 53.1 Å². The molecule has 0 saturated carbocycles. The van der Waals surface area contributed by atoms with Crippen LogP contribution in [-0.4, -0.2) is 19.6 Å². The molecule has 0 saturated heterocycles. The summed E-state index contributed by atoms with van der Waals surface area (Å²) in [5.74, 6) is 0.225. The summed E-state index contributed by atoms with van der Waals surface area (Å²) in [5, 5.41) is 12.4. The number of phenols is 1. The molecule has 0 aliphatic heterocycles. The first-order valence-corrected chi connectivity index (χ1v) is 20.9. The molecule has 0 aliphatic carbocycles. The van der Waals surface area contributed by atoms with Crippen molar-refractivity contribution in [3.05, 3.63) is 167 Å². The van der Waals surface area contributed by atoms with Gasteiger partial charge in [-0.2, -0.15) is 0 Å². The molecule has 320 valence electrons. The second-order valence-electron chi connectivity index (χ2n) is 18.6. The summed E-state index contributed by atoms with van der Waals surface area (Å²) in [6.45, 7) is -6.87. The number of nitrogens with zero attached hydrogens (tertiary/aromatic N) is 3. The Labute approximate surface area is 401 Å². The lowest BCUT2D eigenvalue weighted by atomic mass is 9.83. The Kier molecular flexibility index (Phi) is 6.63. The fourth-order valence-electron chi connectivity index (χ4n) is 8.14. The van der Waals surface area contributed by atoms with Crippen molar-refractivity contribution in [3.8, 4) is 67.5 Å². The third-order valence-corrected chi connectivity index (χ3v) is 11.6. The molecule has 0 unspecified atom stereocenters. The quantitative estimate of drug-likeness (QED) is 0.181. The highest BCUT2D eigenvalue weighted by atomic mass is 16.3. The molecule has 2 heterocycles. The van der Waals surface area contributed by atoms with E-state index in [1.165, 1.54) is 42.5 Å². The molecule has 0 atom stereocenters. The molecule has 0 spiro atoms. The molecule has 6 aromatic carbocycles. The van der Waals surface area contributed by atoms with E-state index in [1.807, 2.05) is 80.8 Å². The van der Waals surface area contributed by atoms with Crippen molar-refractivity contribution >= 4 is 11.0 Å². The minimum Gasteiger partial charge on any atom is -0.507 e. The van der Waals surface area contributed by atoms with Crippen LogP contribution in [0, 0.1) is 6.92 Å². The van der Waals surface area contributed by atoms with Crippen LogP contribution in [0.5, 0.6) is 5.75 Å². The summed E-state index contributed by atoms with van der Waals surface area (Å²) in [7, 11) is 0. The van der Waals surface area contributed by atoms with E-state index in [2.05, 4.69) is 26.8 Å². The summed E-state index contributed by atoms with van der Waals surface area (Å²) < 4.78 is 153. The molecule has 4 nitrogen and oxygen atoms in total. The Morgan fingerprint density at radius 2 is 1.19 bits per heavy atom. The lowest BCUT2D eigenvalue weighted by molar-refractivity contribution is 0.448. The van der Waals surface area contributed by atoms with Gasteiger partial charge in [-0.15, -0.1) is 0 Å². The number of pyridine rings is 1. The maximum Gasteiger partial charge on any atom is 0.149 e. The van der Waals surface area contributed by atoms with Gasteiger partial charge in [0.25, 0.3) is 0 Å². The van der Waals surface area contributed by atoms with E-state index in [1.54, 1.807) is 42.6 Å². The van der Waals surface area contributed by atoms with Gasteiger partial charge in [-0.05, 0) is 122 Å². The standard InChI is InChI=1S/C59H63N3O/c1-37-30-48(54(63)49(31-37)59(11,12)13)55-61-53-46(20-17-21-52(53)62(55)51-27-26-44(57(5,6)7)36-47(51)39-18-15-14-16-19-39)41-32-42(34-45(33-41)58(8,9)10)50-35-40(28-29-60-50)38-22-24-43(25-23-38)56(2,3)4/h14-36,63H,1-13H3/i2D3,3D3,4D3,5D3,6D3,7D3. The van der Waals surface area contributed by atoms with E-state index in [-0.39, 0.29) is 22.7 Å². The number of aromatic nitrogens is 3. The summed E-state index contributed by atoms with van der Waals surface area (Å²) in [6, 6.07) is 37.2. The molecule has 0 fully saturated rings. The SMILES string of the molecule is [2H]C([2H])([2H])C(c1ccc(-c2ccnc(-c3cc(-c4cccc5c4nc(-c4cc(C)cc(C(C)(C)C)c4O)n5-c4ccc(C(C([2H])([2H])[2H])(C([2H])([2H])[2H])C([2H])([2H])[2H])cc4-c4ccccc4)cc(C(C)(C)C)c3)c2)cc1)(C([2H])([2H])[2H])C([2H])([2H])[2H]. The number of hydrogen-bond donors (Lipinski definition) is 1. The summed E-state index contributed by atoms with van der Waals surface area (Å²) in [5.41, 5.74) is 0.302. The number of imidazole rings is 1. The first-order valence-electron chi connectivity index (χ1n) is 29.9. The van der Waals surface area contributed by atoms with Crippen LogP contribution in [0.15, 0.2) is 140 Å². The van der Waals surface area contributed by atoms with Gasteiger partial charge in [0.05, 0.1) is 28.0 Å². The molecule has 63 heavy (non-hydrogen) atoms. The van der Waals surface area contributed by atoms with E-state index in [9.17, 15) is 5.11 Å². The fraction of sp³-hybridized carbons (Fsp3) is 0.288. The fourth-order valence-corrected chi connectivity index (χ4v) is 8.14. The van der Waals surface area contributed by atoms with E-state index in [0.29, 0.717) is 66.9 Å². The number of fused-ring (bicyclic) bond motifs is 1. The third kappa shape index (κ3) is 8.61. The van der Waals surface area contributed by atoms with Gasteiger partial charge < -0.3 is 5.11 Å². The second kappa shape index (κ2) is 15.8. The number of para-hydroxylation sites is 1. The highest BCUT2D eigenvalue weighted by Gasteiger charge is 2.28. The van der Waals surface area contributed by atoms with Crippen molar-refractivity contribution < 1.29 is 29.8 Å². The lowest BCUT2D eigenvalue weighted by Gasteiger charge is -2.24. The number of phenolic OH excluding ortho intramolecular Hbond substituents is 1. The molecule has 1 N–H and O–H groups in total. The van der Waals surface area contributed by atoms with Crippen molar-refractivity contribution in [1.29, 1.82) is 0 Å². The monoisotopic (exact) mass is 848 g/mol. The van der Waals surface area contributed by atoms with Crippen LogP contribution in [0.4, 0.5) is 0 Å². The number of benzene rings is 6. The molecule has 8 rings (SSSR count). The number of hydrogen-bond acceptors (Lipinski definition) is 3. The summed E-state index contributed by atoms with van der Waals surface area (Å²) in [4.78, 5) is 10.2. The molecule has 0 aliphatic rings. The third-order valence-electron chi connectivity index (χ3n) is 11.6. The minimum absolute atomic E-state index is 0.0425. The Morgan fingerprint density at radius 1 is 0.508 bits per heavy atom. The van der Waals surface area contributed by atoms with Crippen molar-refractivity contribution in [1.82, 2.24) is 14.5 Å². The van der Waals surface area contributed by atoms with Crippen LogP contribution in [0.1, 0.15) is 135 Å². The molecule has 0 bridgehead atoms. The lowest BCUT2D eigenvalue weighted by Crippen LogP contribution is -2.13. The second-order valence-corrected chi connectivity index (χ2v) is 18.6. The van der Waals surface area contributed by atoms with E-state index >= 15 is 0 Å². The smallest absolute Gasteiger partial charge is 0.149 e. The normalized spacial score (nSPS) is 18.0. The largest absolute Gasteiger partial charge is 0.507 e. The molecular weight excluding hydrogens is 767 g/mol. The van der Waals surface area contributed by atoms with Crippen LogP contribution in [-0.2, 0) is 21.7 Å². The zero-order chi connectivity index (χ0) is 60.2. The van der Waals surface area contributed by atoms with E-state index in [0.717, 1.165) is 11.1 Å². The molecule has 0 radical (unpaired) electrons. The van der Waals surface area contributed by atoms with Crippen LogP contribution in [0.25, 0.3) is 72.7 Å². The van der Waals surface area contributed by atoms with Crippen molar-refractivity contribution in [2.45, 2.75) is 111 Å². The first-order chi connectivity index (χ1) is 37.1. The van der Waals surface area contributed by atoms with Gasteiger partial charge in [0.15, 0.2) is 0 Å². The Balaban J connectivity index is 1.41. The zero-order valence-corrected chi connectivity index (χ0v) is 36.6. The van der Waals surface area contributed by atoms with Gasteiger partial charge in [0.2, 0.25) is 0 Å². The molecule has 4 heteroatoms. The van der Waals surface area contributed by atoms with Gasteiger partial charge in [-0.1, -0.05) is 168 Å².